The van der Waals surface area contributed by atoms with Crippen molar-refractivity contribution in [3.05, 3.63) is 72.9 Å². The minimum atomic E-state index is -1.98. The topological polar surface area (TPSA) is 307 Å². The van der Waals surface area contributed by atoms with Gasteiger partial charge in [-0.05, 0) is 70.6 Å². The molecule has 0 aromatic rings. The maximum Gasteiger partial charge on any atom is 0.220 e. The number of aliphatic hydroxyl groups is 11. The molecule has 19 nitrogen and oxygen atoms in total. The minimum Gasteiger partial charge on any atom is -0.394 e. The predicted molar refractivity (Wildman–Crippen MR) is 462 cm³/mol. The maximum atomic E-state index is 13.5. The Labute approximate surface area is 693 Å². The molecule has 3 aliphatic rings. The van der Waals surface area contributed by atoms with Crippen LogP contribution < -0.4 is 5.32 Å². The number of nitrogens with one attached hydrogen (secondary N) is 1. The minimum absolute atomic E-state index is 0.238. The van der Waals surface area contributed by atoms with Gasteiger partial charge in [0.2, 0.25) is 5.91 Å². The molecule has 0 aromatic carbocycles. The number of hydrogen-bond acceptors (Lipinski definition) is 18. The van der Waals surface area contributed by atoms with Gasteiger partial charge in [0.15, 0.2) is 18.9 Å². The second kappa shape index (κ2) is 74.1. The maximum absolute atomic E-state index is 13.5. The molecule has 3 aliphatic heterocycles. The van der Waals surface area contributed by atoms with Crippen molar-refractivity contribution in [1.29, 1.82) is 0 Å². The van der Waals surface area contributed by atoms with E-state index in [9.17, 15) is 61.0 Å². The number of hydrogen-bond donors (Lipinski definition) is 12. The first-order chi connectivity index (χ1) is 55.8. The van der Waals surface area contributed by atoms with E-state index < -0.39 is 124 Å². The molecule has 0 spiro atoms. The van der Waals surface area contributed by atoms with Gasteiger partial charge in [-0.25, -0.2) is 0 Å². The second-order valence-corrected chi connectivity index (χ2v) is 33.4. The van der Waals surface area contributed by atoms with Crippen LogP contribution in [0.4, 0.5) is 0 Å². The molecule has 0 bridgehead atoms. The van der Waals surface area contributed by atoms with Gasteiger partial charge < -0.3 is 89.9 Å². The van der Waals surface area contributed by atoms with E-state index in [0.29, 0.717) is 12.8 Å². The summed E-state index contributed by atoms with van der Waals surface area (Å²) in [7, 11) is 0. The first-order valence-corrected chi connectivity index (χ1v) is 47.2. The fourth-order valence-corrected chi connectivity index (χ4v) is 15.8. The fraction of sp³-hybridized carbons (Fsp3) is 0.863. The quantitative estimate of drug-likeness (QED) is 0.0199. The number of aliphatic hydroxyl groups excluding tert-OH is 11. The van der Waals surface area contributed by atoms with Crippen LogP contribution in [0.15, 0.2) is 72.9 Å². The van der Waals surface area contributed by atoms with Gasteiger partial charge >= 0.3 is 0 Å². The molecule has 0 aromatic heterocycles. The van der Waals surface area contributed by atoms with Crippen molar-refractivity contribution in [2.75, 3.05) is 26.4 Å². The van der Waals surface area contributed by atoms with Crippen LogP contribution in [0.2, 0.25) is 0 Å². The summed E-state index contributed by atoms with van der Waals surface area (Å²) in [6.45, 7) is 1.67. The van der Waals surface area contributed by atoms with Crippen molar-refractivity contribution in [2.24, 2.45) is 0 Å². The fourth-order valence-electron chi connectivity index (χ4n) is 15.8. The average molecular weight is 1620 g/mol. The molecule has 3 heterocycles. The molecule has 17 unspecified atom stereocenters. The number of ether oxygens (including phenoxy) is 6. The van der Waals surface area contributed by atoms with Gasteiger partial charge in [-0.15, -0.1) is 0 Å². The first kappa shape index (κ1) is 105. The molecule has 1 amide bonds. The number of unbranched alkanes of at least 4 members (excludes halogenated alkanes) is 51. The Hall–Kier alpha value is -2.77. The van der Waals surface area contributed by atoms with E-state index in [4.69, 9.17) is 28.4 Å². The number of carbonyl (C=O) groups excluding carboxylic acids is 1. The molecule has 12 N–H and O–H groups in total. The Kier molecular flexibility index (Phi) is 68.5. The van der Waals surface area contributed by atoms with Crippen LogP contribution >= 0.6 is 0 Å². The summed E-state index contributed by atoms with van der Waals surface area (Å²) in [6, 6.07) is -0.993. The zero-order chi connectivity index (χ0) is 82.4. The first-order valence-electron chi connectivity index (χ1n) is 47.2. The summed E-state index contributed by atoms with van der Waals surface area (Å²) in [6.07, 6.45) is 73.6. The van der Waals surface area contributed by atoms with Crippen molar-refractivity contribution < 1.29 is 89.4 Å². The van der Waals surface area contributed by atoms with Gasteiger partial charge in [-0.1, -0.05) is 389 Å². The van der Waals surface area contributed by atoms with Crippen molar-refractivity contribution in [3.8, 4) is 0 Å². The van der Waals surface area contributed by atoms with E-state index in [1.807, 2.05) is 6.08 Å². The molecule has 3 rings (SSSR count). The Bertz CT molecular complexity index is 2340. The summed E-state index contributed by atoms with van der Waals surface area (Å²) < 4.78 is 34.5. The van der Waals surface area contributed by atoms with Crippen LogP contribution in [0.5, 0.6) is 0 Å². The lowest BCUT2D eigenvalue weighted by Gasteiger charge is -2.48. The van der Waals surface area contributed by atoms with Crippen LogP contribution in [0.3, 0.4) is 0 Å². The smallest absolute Gasteiger partial charge is 0.220 e. The van der Waals surface area contributed by atoms with Crippen LogP contribution in [0.1, 0.15) is 393 Å². The van der Waals surface area contributed by atoms with Gasteiger partial charge in [-0.2, -0.15) is 0 Å². The van der Waals surface area contributed by atoms with Gasteiger partial charge in [0, 0.05) is 6.42 Å². The molecule has 666 valence electrons. The van der Waals surface area contributed by atoms with Gasteiger partial charge in [0.05, 0.1) is 38.6 Å². The van der Waals surface area contributed by atoms with E-state index in [1.54, 1.807) is 6.08 Å². The number of amides is 1. The lowest BCUT2D eigenvalue weighted by Crippen LogP contribution is -2.66. The largest absolute Gasteiger partial charge is 0.394 e. The molecule has 3 saturated heterocycles. The highest BCUT2D eigenvalue weighted by molar-refractivity contribution is 5.76. The summed E-state index contributed by atoms with van der Waals surface area (Å²) in [5.74, 6) is -0.278. The van der Waals surface area contributed by atoms with E-state index in [2.05, 4.69) is 79.9 Å². The third-order valence-electron chi connectivity index (χ3n) is 23.2. The zero-order valence-corrected chi connectivity index (χ0v) is 72.1. The standard InChI is InChI=1S/C95H173NO18/c1-3-5-7-9-11-13-15-17-19-21-23-25-27-29-31-33-35-36-37-38-39-40-41-42-43-45-47-49-51-53-55-57-59-61-63-65-67-69-71-73-83(101)96-78(79(100)72-70-68-66-64-62-60-58-56-54-52-50-48-46-44-34-32-30-28-26-24-22-20-18-16-14-12-10-8-6-4-2)77-109-93-89(107)86(104)91(81(75-98)111-93)114-95-90(108)87(105)92(82(76-99)112-95)113-94-88(106)85(103)84(102)80(74-97)110-94/h5,7,11,13,17,19,23,25,62,64,70,72,78-82,84-95,97-100,102-108H,3-4,6,8-10,12,14-16,18,20-22,24,26-61,63,65-69,71,73-77H2,1-2H3,(H,96,101)/b7-5-,13-11-,19-17-,25-23-,64-62+,72-70+. The van der Waals surface area contributed by atoms with Crippen LogP contribution in [-0.4, -0.2) is 193 Å². The predicted octanol–water partition coefficient (Wildman–Crippen LogP) is 18.7. The molecule has 0 aliphatic carbocycles. The number of carbonyl (C=O) groups is 1. The van der Waals surface area contributed by atoms with Crippen molar-refractivity contribution in [3.63, 3.8) is 0 Å². The Morgan fingerprint density at radius 2 is 0.614 bits per heavy atom. The highest BCUT2D eigenvalue weighted by atomic mass is 16.8. The van der Waals surface area contributed by atoms with E-state index in [0.717, 1.165) is 64.2 Å². The monoisotopic (exact) mass is 1620 g/mol. The van der Waals surface area contributed by atoms with Crippen LogP contribution in [0.25, 0.3) is 0 Å². The van der Waals surface area contributed by atoms with Crippen molar-refractivity contribution in [2.45, 2.75) is 497 Å². The van der Waals surface area contributed by atoms with Crippen molar-refractivity contribution >= 4 is 5.91 Å². The van der Waals surface area contributed by atoms with Gasteiger partial charge in [-0.3, -0.25) is 4.79 Å². The van der Waals surface area contributed by atoms with Crippen LogP contribution in [0, 0.1) is 0 Å². The highest BCUT2D eigenvalue weighted by Crippen LogP contribution is 2.34. The van der Waals surface area contributed by atoms with E-state index >= 15 is 0 Å². The normalized spacial score (nSPS) is 25.0. The van der Waals surface area contributed by atoms with Gasteiger partial charge in [0.1, 0.15) is 73.2 Å². The van der Waals surface area contributed by atoms with E-state index in [1.165, 1.54) is 295 Å². The highest BCUT2D eigenvalue weighted by Gasteiger charge is 2.54. The lowest BCUT2D eigenvalue weighted by molar-refractivity contribution is -0.379. The summed E-state index contributed by atoms with van der Waals surface area (Å²) in [5, 5.41) is 121. The average Bonchev–Trinajstić information content (AvgIpc) is 0.783. The van der Waals surface area contributed by atoms with Crippen molar-refractivity contribution in [1.82, 2.24) is 5.32 Å². The molecule has 114 heavy (non-hydrogen) atoms. The second-order valence-electron chi connectivity index (χ2n) is 33.4. The Morgan fingerprint density at radius 3 is 0.982 bits per heavy atom. The number of allylic oxidation sites excluding steroid dienone is 11. The summed E-state index contributed by atoms with van der Waals surface area (Å²) >= 11 is 0. The van der Waals surface area contributed by atoms with Gasteiger partial charge in [0.25, 0.3) is 0 Å². The molecule has 0 radical (unpaired) electrons. The molecule has 0 saturated carbocycles. The molecule has 3 fully saturated rings. The third kappa shape index (κ3) is 51.8. The lowest BCUT2D eigenvalue weighted by atomic mass is 9.96. The van der Waals surface area contributed by atoms with E-state index in [-0.39, 0.29) is 18.9 Å². The molecule has 19 heteroatoms. The molecule has 17 atom stereocenters. The third-order valence-corrected chi connectivity index (χ3v) is 23.2. The number of rotatable bonds is 77. The summed E-state index contributed by atoms with van der Waals surface area (Å²) in [5.41, 5.74) is 0. The molecular formula is C95H173NO18. The zero-order valence-electron chi connectivity index (χ0n) is 72.1. The SMILES string of the molecule is CC/C=C\C/C=C\C/C=C\C/C=C\CCCCCCCCCCCCCCCCCCCCCCCCCCCCC(=O)NC(COC1OC(CO)C(OC2OC(CO)C(OC3OC(CO)C(O)C(O)C3O)C(O)C2O)C(O)C1O)C(O)/C=C/CC/C=C/CCCCCCCCCCCCCCCCCCCCCCCCCC. The van der Waals surface area contributed by atoms with Crippen LogP contribution in [-0.2, 0) is 33.2 Å². The summed E-state index contributed by atoms with van der Waals surface area (Å²) in [4.78, 5) is 13.5. The Morgan fingerprint density at radius 1 is 0.325 bits per heavy atom. The molecular weight excluding hydrogens is 1440 g/mol. The Balaban J connectivity index is 1.30.